The number of thiol groups is 1. The first-order chi connectivity index (χ1) is 7.23. The molecule has 4 N–H and O–H groups in total. The Morgan fingerprint density at radius 3 is 2.12 bits per heavy atom. The summed E-state index contributed by atoms with van der Waals surface area (Å²) in [5, 5.41) is 30.6. The van der Waals surface area contributed by atoms with E-state index in [9.17, 15) is 19.8 Å². The molecule has 16 heavy (non-hydrogen) atoms. The Morgan fingerprint density at radius 1 is 1.38 bits per heavy atom. The minimum absolute atomic E-state index is 0.180. The van der Waals surface area contributed by atoms with E-state index >= 15 is 0 Å². The quantitative estimate of drug-likeness (QED) is 0.319. The molecule has 0 saturated heterocycles. The fourth-order valence-electron chi connectivity index (χ4n) is 1.42. The van der Waals surface area contributed by atoms with Crippen LogP contribution < -0.4 is 5.32 Å². The Bertz CT molecular complexity index is 281. The molecule has 0 aliphatic heterocycles. The summed E-state index contributed by atoms with van der Waals surface area (Å²) in [4.78, 5) is 22.1. The number of rotatable bonds is 6. The smallest absolute Gasteiger partial charge is 0.335 e. The molecule has 0 spiro atoms. The van der Waals surface area contributed by atoms with Crippen molar-refractivity contribution >= 4 is 24.5 Å². The average Bonchev–Trinajstić information content (AvgIpc) is 2.12. The van der Waals surface area contributed by atoms with Crippen LogP contribution in [0.3, 0.4) is 0 Å². The van der Waals surface area contributed by atoms with Crippen LogP contribution in [0.25, 0.3) is 0 Å². The molecule has 0 aromatic heterocycles. The predicted octanol–water partition coefficient (Wildman–Crippen LogP) is -0.643. The van der Waals surface area contributed by atoms with Crippen LogP contribution in [0.1, 0.15) is 26.7 Å². The van der Waals surface area contributed by atoms with Gasteiger partial charge in [-0.2, -0.15) is 12.6 Å². The molecule has 0 heterocycles. The second-order valence-corrected chi connectivity index (χ2v) is 3.93. The Morgan fingerprint density at radius 2 is 1.88 bits per heavy atom. The number of carbonyl (C=O) groups is 2. The molecule has 0 fully saturated rings. The molecule has 6 nitrogen and oxygen atoms in total. The molecule has 0 aliphatic carbocycles. The summed E-state index contributed by atoms with van der Waals surface area (Å²) in [7, 11) is 0. The first-order valence-electron chi connectivity index (χ1n) is 4.81. The lowest BCUT2D eigenvalue weighted by Gasteiger charge is -2.39. The van der Waals surface area contributed by atoms with Crippen molar-refractivity contribution in [3.8, 4) is 0 Å². The lowest BCUT2D eigenvalue weighted by Crippen LogP contribution is -2.70. The van der Waals surface area contributed by atoms with E-state index in [0.29, 0.717) is 6.42 Å². The van der Waals surface area contributed by atoms with Gasteiger partial charge in [-0.1, -0.05) is 13.3 Å². The standard InChI is InChI=1S/C9H17NO5S/c1-3-4-9(14,15)8(5-16,7(12)13)10-6(2)11/h14-16H,3-5H2,1-2H3,(H,10,11)(H,12,13)/t8-/m0/s1. The number of aliphatic hydroxyl groups is 2. The van der Waals surface area contributed by atoms with Gasteiger partial charge in [-0.05, 0) is 0 Å². The highest BCUT2D eigenvalue weighted by molar-refractivity contribution is 7.80. The molecule has 0 aromatic carbocycles. The number of hydrogen-bond donors (Lipinski definition) is 5. The lowest BCUT2D eigenvalue weighted by molar-refractivity contribution is -0.224. The summed E-state index contributed by atoms with van der Waals surface area (Å²) in [5.74, 6) is -5.16. The highest BCUT2D eigenvalue weighted by Gasteiger charge is 2.55. The Balaban J connectivity index is 5.34. The number of hydrogen-bond acceptors (Lipinski definition) is 5. The van der Waals surface area contributed by atoms with Gasteiger partial charge in [0.1, 0.15) is 0 Å². The predicted molar refractivity (Wildman–Crippen MR) is 60.1 cm³/mol. The van der Waals surface area contributed by atoms with Gasteiger partial charge in [0, 0.05) is 19.1 Å². The zero-order valence-electron chi connectivity index (χ0n) is 9.23. The van der Waals surface area contributed by atoms with Gasteiger partial charge in [-0.15, -0.1) is 0 Å². The van der Waals surface area contributed by atoms with E-state index in [0.717, 1.165) is 6.92 Å². The Hall–Kier alpha value is -0.790. The largest absolute Gasteiger partial charge is 0.479 e. The van der Waals surface area contributed by atoms with E-state index < -0.39 is 29.0 Å². The van der Waals surface area contributed by atoms with E-state index in [-0.39, 0.29) is 6.42 Å². The van der Waals surface area contributed by atoms with Crippen LogP contribution in [0.15, 0.2) is 0 Å². The number of carboxylic acid groups (broad SMARTS) is 1. The zero-order chi connectivity index (χ0) is 13.0. The highest BCUT2D eigenvalue weighted by atomic mass is 32.1. The molecule has 1 atom stereocenters. The Kier molecular flexibility index (Phi) is 5.24. The van der Waals surface area contributed by atoms with Crippen LogP contribution in [0.5, 0.6) is 0 Å². The second kappa shape index (κ2) is 5.51. The molecule has 0 saturated carbocycles. The van der Waals surface area contributed by atoms with Crippen LogP contribution >= 0.6 is 12.6 Å². The van der Waals surface area contributed by atoms with Gasteiger partial charge in [0.2, 0.25) is 11.4 Å². The number of aliphatic carboxylic acids is 1. The van der Waals surface area contributed by atoms with E-state index in [1.807, 2.05) is 0 Å². The molecular formula is C9H17NO5S. The maximum Gasteiger partial charge on any atom is 0.335 e. The zero-order valence-corrected chi connectivity index (χ0v) is 10.1. The lowest BCUT2D eigenvalue weighted by atomic mass is 9.87. The van der Waals surface area contributed by atoms with Gasteiger partial charge < -0.3 is 20.6 Å². The minimum atomic E-state index is -2.54. The second-order valence-electron chi connectivity index (χ2n) is 3.62. The summed E-state index contributed by atoms with van der Waals surface area (Å²) in [6, 6.07) is 0. The van der Waals surface area contributed by atoms with Gasteiger partial charge in [-0.3, -0.25) is 4.79 Å². The molecular weight excluding hydrogens is 234 g/mol. The third kappa shape index (κ3) is 2.87. The number of carbonyl (C=O) groups excluding carboxylic acids is 1. The highest BCUT2D eigenvalue weighted by Crippen LogP contribution is 2.26. The molecule has 0 aromatic rings. The monoisotopic (exact) mass is 251 g/mol. The molecule has 0 radical (unpaired) electrons. The van der Waals surface area contributed by atoms with Crippen molar-refractivity contribution in [3.63, 3.8) is 0 Å². The number of amides is 1. The van der Waals surface area contributed by atoms with E-state index in [2.05, 4.69) is 17.9 Å². The first-order valence-corrected chi connectivity index (χ1v) is 5.44. The van der Waals surface area contributed by atoms with Crippen molar-refractivity contribution in [1.82, 2.24) is 5.32 Å². The summed E-state index contributed by atoms with van der Waals surface area (Å²) < 4.78 is 0. The van der Waals surface area contributed by atoms with Gasteiger partial charge in [0.25, 0.3) is 0 Å². The summed E-state index contributed by atoms with van der Waals surface area (Å²) in [6.07, 6.45) is 0.176. The maximum absolute atomic E-state index is 11.1. The summed E-state index contributed by atoms with van der Waals surface area (Å²) in [5.41, 5.74) is -2.20. The molecule has 0 bridgehead atoms. The molecule has 0 aliphatic rings. The van der Waals surface area contributed by atoms with Crippen LogP contribution in [0, 0.1) is 0 Å². The average molecular weight is 251 g/mol. The molecule has 1 amide bonds. The normalized spacial score (nSPS) is 15.3. The molecule has 0 rings (SSSR count). The van der Waals surface area contributed by atoms with Gasteiger partial charge >= 0.3 is 5.97 Å². The number of carboxylic acids is 1. The third-order valence-electron chi connectivity index (χ3n) is 2.27. The van der Waals surface area contributed by atoms with Gasteiger partial charge in [-0.25, -0.2) is 4.79 Å². The van der Waals surface area contributed by atoms with Crippen LogP contribution in [-0.2, 0) is 9.59 Å². The van der Waals surface area contributed by atoms with Crippen molar-refractivity contribution in [2.24, 2.45) is 0 Å². The summed E-state index contributed by atoms with van der Waals surface area (Å²) in [6.45, 7) is 2.77. The Labute approximate surface area is 99.1 Å². The molecule has 94 valence electrons. The van der Waals surface area contributed by atoms with Gasteiger partial charge in [0.15, 0.2) is 5.79 Å². The minimum Gasteiger partial charge on any atom is -0.479 e. The maximum atomic E-state index is 11.1. The molecule has 7 heteroatoms. The fourth-order valence-corrected chi connectivity index (χ4v) is 1.89. The SMILES string of the molecule is CCCC(O)(O)[C@@](CS)(NC(C)=O)C(=O)O. The van der Waals surface area contributed by atoms with Gasteiger partial charge in [0.05, 0.1) is 0 Å². The van der Waals surface area contributed by atoms with E-state index in [1.54, 1.807) is 6.92 Å². The number of nitrogens with one attached hydrogen (secondary N) is 1. The molecule has 0 unspecified atom stereocenters. The van der Waals surface area contributed by atoms with Crippen molar-refractivity contribution < 1.29 is 24.9 Å². The van der Waals surface area contributed by atoms with Crippen molar-refractivity contribution in [1.29, 1.82) is 0 Å². The van der Waals surface area contributed by atoms with E-state index in [1.165, 1.54) is 0 Å². The van der Waals surface area contributed by atoms with Crippen molar-refractivity contribution in [2.75, 3.05) is 5.75 Å². The van der Waals surface area contributed by atoms with E-state index in [4.69, 9.17) is 5.11 Å². The van der Waals surface area contributed by atoms with Crippen LogP contribution in [0.4, 0.5) is 0 Å². The third-order valence-corrected chi connectivity index (χ3v) is 2.75. The van der Waals surface area contributed by atoms with Crippen LogP contribution in [0.2, 0.25) is 0 Å². The van der Waals surface area contributed by atoms with Crippen molar-refractivity contribution in [2.45, 2.75) is 38.0 Å². The topological polar surface area (TPSA) is 107 Å². The van der Waals surface area contributed by atoms with Crippen molar-refractivity contribution in [3.05, 3.63) is 0 Å². The fraction of sp³-hybridized carbons (Fsp3) is 0.778. The van der Waals surface area contributed by atoms with Crippen LogP contribution in [-0.4, -0.2) is 44.3 Å². The first kappa shape index (κ1) is 15.2. The summed E-state index contributed by atoms with van der Waals surface area (Å²) >= 11 is 3.79.